The van der Waals surface area contributed by atoms with Gasteiger partial charge in [0.2, 0.25) is 0 Å². The first-order valence-corrected chi connectivity index (χ1v) is 7.78. The van der Waals surface area contributed by atoms with Crippen LogP contribution in [0.2, 0.25) is 10.0 Å². The molecule has 0 aromatic heterocycles. The highest BCUT2D eigenvalue weighted by Gasteiger charge is 2.25. The SMILES string of the molecule is [2H]C1([2H])N(C)C([2H])([2H])C([2H])([2H])N(C2=Nc3ccc(Cl)cc3Oc3ccc(Cl)cc32)C1([2H])[2H]. The van der Waals surface area contributed by atoms with E-state index in [0.29, 0.717) is 14.8 Å². The number of fused-ring (bicyclic) bond motifs is 2. The van der Waals surface area contributed by atoms with Gasteiger partial charge in [0, 0.05) is 47.6 Å². The lowest BCUT2D eigenvalue weighted by atomic mass is 10.1. The number of piperazine rings is 1. The van der Waals surface area contributed by atoms with Crippen molar-refractivity contribution in [2.45, 2.75) is 0 Å². The third-order valence-corrected chi connectivity index (χ3v) is 3.89. The quantitative estimate of drug-likeness (QED) is 0.687. The van der Waals surface area contributed by atoms with E-state index in [2.05, 4.69) is 4.99 Å². The summed E-state index contributed by atoms with van der Waals surface area (Å²) in [6.45, 7) is -12.0. The zero-order valence-corrected chi connectivity index (χ0v) is 14.0. The molecule has 0 bridgehead atoms. The van der Waals surface area contributed by atoms with Gasteiger partial charge in [-0.25, -0.2) is 4.99 Å². The molecule has 2 aromatic rings. The van der Waals surface area contributed by atoms with Crippen molar-refractivity contribution >= 4 is 34.7 Å². The fourth-order valence-electron chi connectivity index (χ4n) is 2.30. The molecular formula is C18H17Cl2N3O. The van der Waals surface area contributed by atoms with Gasteiger partial charge in [-0.1, -0.05) is 23.2 Å². The highest BCUT2D eigenvalue weighted by molar-refractivity contribution is 6.31. The summed E-state index contributed by atoms with van der Waals surface area (Å²) >= 11 is 12.2. The third-order valence-electron chi connectivity index (χ3n) is 3.42. The molecule has 0 spiro atoms. The summed E-state index contributed by atoms with van der Waals surface area (Å²) in [5, 5.41) is 0.557. The molecule has 0 atom stereocenters. The number of halogens is 2. The van der Waals surface area contributed by atoms with Crippen LogP contribution in [0.5, 0.6) is 11.5 Å². The van der Waals surface area contributed by atoms with Crippen molar-refractivity contribution < 1.29 is 15.7 Å². The summed E-state index contributed by atoms with van der Waals surface area (Å²) in [6.07, 6.45) is 0. The van der Waals surface area contributed by atoms with E-state index < -0.39 is 26.0 Å². The monoisotopic (exact) mass is 369 g/mol. The minimum atomic E-state index is -3.06. The number of nitrogens with zero attached hydrogens (tertiary/aromatic N) is 3. The Hall–Kier alpha value is -1.75. The highest BCUT2D eigenvalue weighted by atomic mass is 35.5. The Morgan fingerprint density at radius 3 is 2.50 bits per heavy atom. The second kappa shape index (κ2) is 6.28. The van der Waals surface area contributed by atoms with Gasteiger partial charge in [0.25, 0.3) is 0 Å². The van der Waals surface area contributed by atoms with E-state index in [0.717, 1.165) is 7.05 Å². The first-order chi connectivity index (χ1) is 14.6. The number of hydrogen-bond donors (Lipinski definition) is 0. The van der Waals surface area contributed by atoms with E-state index in [9.17, 15) is 0 Å². The predicted molar refractivity (Wildman–Crippen MR) is 98.2 cm³/mol. The molecule has 124 valence electrons. The molecule has 0 radical (unpaired) electrons. The van der Waals surface area contributed by atoms with Crippen LogP contribution in [0.3, 0.4) is 0 Å². The van der Waals surface area contributed by atoms with Gasteiger partial charge in [0.05, 0.1) is 11.0 Å². The van der Waals surface area contributed by atoms with Crippen LogP contribution in [0.4, 0.5) is 5.69 Å². The average molecular weight is 370 g/mol. The number of rotatable bonds is 0. The fourth-order valence-corrected chi connectivity index (χ4v) is 2.64. The van der Waals surface area contributed by atoms with Crippen molar-refractivity contribution in [3.05, 3.63) is 52.0 Å². The Kier molecular flexibility index (Phi) is 2.38. The van der Waals surface area contributed by atoms with Gasteiger partial charge in [0.15, 0.2) is 5.75 Å². The van der Waals surface area contributed by atoms with E-state index in [4.69, 9.17) is 38.9 Å². The summed E-state index contributed by atoms with van der Waals surface area (Å²) < 4.78 is 73.4. The maximum absolute atomic E-state index is 8.56. The van der Waals surface area contributed by atoms with Crippen LogP contribution in [-0.2, 0) is 0 Å². The maximum atomic E-state index is 8.56. The largest absolute Gasteiger partial charge is 0.454 e. The highest BCUT2D eigenvalue weighted by Crippen LogP contribution is 2.40. The van der Waals surface area contributed by atoms with E-state index in [1.54, 1.807) is 0 Å². The van der Waals surface area contributed by atoms with E-state index >= 15 is 0 Å². The number of benzene rings is 2. The lowest BCUT2D eigenvalue weighted by Gasteiger charge is -2.34. The molecule has 2 aliphatic heterocycles. The zero-order valence-electron chi connectivity index (χ0n) is 20.5. The van der Waals surface area contributed by atoms with Gasteiger partial charge in [-0.3, -0.25) is 0 Å². The Balaban J connectivity index is 2.07. The number of amidine groups is 1. The van der Waals surface area contributed by atoms with E-state index in [1.807, 2.05) is 0 Å². The topological polar surface area (TPSA) is 28.1 Å². The molecule has 0 amide bonds. The van der Waals surface area contributed by atoms with E-state index in [-0.39, 0.29) is 33.6 Å². The normalized spacial score (nSPS) is 30.8. The van der Waals surface area contributed by atoms with Crippen LogP contribution in [-0.4, -0.2) is 48.7 Å². The van der Waals surface area contributed by atoms with Gasteiger partial charge in [-0.15, -0.1) is 0 Å². The van der Waals surface area contributed by atoms with Crippen molar-refractivity contribution in [2.24, 2.45) is 4.99 Å². The smallest absolute Gasteiger partial charge is 0.154 e. The summed E-state index contributed by atoms with van der Waals surface area (Å²) in [5.74, 6) is -0.0300. The standard InChI is InChI=1S/C18H17Cl2N3O/c1-22-6-8-23(9-7-22)18-14-10-12(19)3-5-16(14)24-17-11-13(20)2-4-15(17)21-18/h2-5,10-11H,6-9H2,1H3/i6D2,7D2,8D2,9D2. The predicted octanol–water partition coefficient (Wildman–Crippen LogP) is 4.42. The second-order valence-corrected chi connectivity index (χ2v) is 6.00. The van der Waals surface area contributed by atoms with Gasteiger partial charge in [-0.05, 0) is 37.4 Å². The Bertz CT molecular complexity index is 1110. The lowest BCUT2D eigenvalue weighted by Crippen LogP contribution is -2.47. The molecule has 6 heteroatoms. The van der Waals surface area contributed by atoms with Crippen molar-refractivity contribution in [2.75, 3.05) is 33.0 Å². The molecule has 0 unspecified atom stereocenters. The molecule has 1 saturated heterocycles. The Labute approximate surface area is 162 Å². The molecule has 1 fully saturated rings. The van der Waals surface area contributed by atoms with Crippen molar-refractivity contribution in [3.8, 4) is 11.5 Å². The molecule has 2 heterocycles. The third kappa shape index (κ3) is 2.97. The molecule has 0 saturated carbocycles. The molecule has 0 aliphatic carbocycles. The molecule has 4 rings (SSSR count). The maximum Gasteiger partial charge on any atom is 0.154 e. The molecule has 2 aromatic carbocycles. The number of aliphatic imine (C=N–C) groups is 1. The zero-order chi connectivity index (χ0) is 23.9. The van der Waals surface area contributed by atoms with Crippen LogP contribution in [0.25, 0.3) is 0 Å². The van der Waals surface area contributed by atoms with Gasteiger partial charge >= 0.3 is 0 Å². The number of likely N-dealkylation sites (N-methyl/N-ethyl adjacent to an activating group) is 1. The van der Waals surface area contributed by atoms with Crippen LogP contribution < -0.4 is 4.74 Å². The summed E-state index contributed by atoms with van der Waals surface area (Å²) in [5.41, 5.74) is 0.233. The summed E-state index contributed by atoms with van der Waals surface area (Å²) in [6, 6.07) is 8.84. The lowest BCUT2D eigenvalue weighted by molar-refractivity contribution is 0.215. The number of ether oxygens (including phenoxy) is 1. The van der Waals surface area contributed by atoms with Gasteiger partial charge < -0.3 is 14.5 Å². The van der Waals surface area contributed by atoms with Crippen molar-refractivity contribution in [1.82, 2.24) is 9.80 Å². The van der Waals surface area contributed by atoms with Crippen LogP contribution >= 0.6 is 23.2 Å². The first kappa shape index (κ1) is 9.09. The molecule has 24 heavy (non-hydrogen) atoms. The Morgan fingerprint density at radius 1 is 1.00 bits per heavy atom. The first-order valence-electron chi connectivity index (χ1n) is 11.0. The van der Waals surface area contributed by atoms with Crippen LogP contribution in [0.15, 0.2) is 41.4 Å². The van der Waals surface area contributed by atoms with E-state index in [1.165, 1.54) is 36.4 Å². The Morgan fingerprint density at radius 2 is 1.71 bits per heavy atom. The minimum absolute atomic E-state index is 0.0636. The molecular weight excluding hydrogens is 345 g/mol. The molecule has 4 nitrogen and oxygen atoms in total. The van der Waals surface area contributed by atoms with Crippen LogP contribution in [0.1, 0.15) is 16.5 Å². The molecule has 2 aliphatic rings. The van der Waals surface area contributed by atoms with Gasteiger partial charge in [0.1, 0.15) is 17.3 Å². The molecule has 0 N–H and O–H groups in total. The minimum Gasteiger partial charge on any atom is -0.454 e. The summed E-state index contributed by atoms with van der Waals surface area (Å²) in [4.78, 5) is 5.21. The second-order valence-electron chi connectivity index (χ2n) is 5.13. The summed E-state index contributed by atoms with van der Waals surface area (Å²) in [7, 11) is 0.993. The van der Waals surface area contributed by atoms with Crippen LogP contribution in [0, 0.1) is 0 Å². The fraction of sp³-hybridized carbons (Fsp3) is 0.278. The van der Waals surface area contributed by atoms with Crippen molar-refractivity contribution in [1.29, 1.82) is 0 Å². The van der Waals surface area contributed by atoms with Crippen molar-refractivity contribution in [3.63, 3.8) is 0 Å². The average Bonchev–Trinajstić information content (AvgIpc) is 2.82. The van der Waals surface area contributed by atoms with Gasteiger partial charge in [-0.2, -0.15) is 0 Å². The number of hydrogen-bond acceptors (Lipinski definition) is 4.